The van der Waals surface area contributed by atoms with Crippen LogP contribution in [0.2, 0.25) is 0 Å². The molecule has 4 rings (SSSR count). The number of benzene rings is 1. The summed E-state index contributed by atoms with van der Waals surface area (Å²) in [5.41, 5.74) is 3.04. The third-order valence-corrected chi connectivity index (χ3v) is 6.60. The van der Waals surface area contributed by atoms with Gasteiger partial charge >= 0.3 is 5.97 Å². The van der Waals surface area contributed by atoms with Gasteiger partial charge in [-0.1, -0.05) is 6.07 Å². The predicted octanol–water partition coefficient (Wildman–Crippen LogP) is 2.86. The molecule has 1 N–H and O–H groups in total. The van der Waals surface area contributed by atoms with Crippen LogP contribution in [0.25, 0.3) is 0 Å². The van der Waals surface area contributed by atoms with Crippen molar-refractivity contribution in [3.63, 3.8) is 0 Å². The Labute approximate surface area is 155 Å². The number of carboxylic acids is 1. The van der Waals surface area contributed by atoms with E-state index in [1.807, 2.05) is 0 Å². The molecule has 3 aliphatic rings. The summed E-state index contributed by atoms with van der Waals surface area (Å²) in [7, 11) is 0. The summed E-state index contributed by atoms with van der Waals surface area (Å²) in [6.45, 7) is 5.25. The molecule has 0 amide bonds. The van der Waals surface area contributed by atoms with Crippen LogP contribution in [0.4, 0.5) is 0 Å². The maximum atomic E-state index is 11.3. The van der Waals surface area contributed by atoms with Gasteiger partial charge in [-0.2, -0.15) is 0 Å². The maximum Gasteiger partial charge on any atom is 0.306 e. The summed E-state index contributed by atoms with van der Waals surface area (Å²) < 4.78 is 11.4. The monoisotopic (exact) mass is 359 g/mol. The topological polar surface area (TPSA) is 59.0 Å². The van der Waals surface area contributed by atoms with Gasteiger partial charge in [0, 0.05) is 19.6 Å². The molecule has 1 aromatic carbocycles. The number of hydrogen-bond donors (Lipinski definition) is 1. The van der Waals surface area contributed by atoms with E-state index in [0.29, 0.717) is 6.61 Å². The molecule has 1 spiro atoms. The van der Waals surface area contributed by atoms with E-state index in [4.69, 9.17) is 9.47 Å². The van der Waals surface area contributed by atoms with Crippen LogP contribution in [0, 0.1) is 5.92 Å². The predicted molar refractivity (Wildman–Crippen MR) is 98.8 cm³/mol. The summed E-state index contributed by atoms with van der Waals surface area (Å²) in [6.07, 6.45) is 5.86. The van der Waals surface area contributed by atoms with Crippen molar-refractivity contribution in [3.8, 4) is 5.75 Å². The number of rotatable bonds is 5. The average Bonchev–Trinajstić information content (AvgIpc) is 3.01. The van der Waals surface area contributed by atoms with Gasteiger partial charge in [-0.3, -0.25) is 9.69 Å². The Morgan fingerprint density at radius 3 is 2.73 bits per heavy atom. The van der Waals surface area contributed by atoms with Gasteiger partial charge < -0.3 is 14.6 Å². The van der Waals surface area contributed by atoms with Crippen molar-refractivity contribution < 1.29 is 19.4 Å². The van der Waals surface area contributed by atoms with Gasteiger partial charge in [0.1, 0.15) is 12.4 Å². The molecular weight excluding hydrogens is 330 g/mol. The number of carbonyl (C=O) groups is 1. The third-order valence-electron chi connectivity index (χ3n) is 6.60. The molecule has 2 fully saturated rings. The Bertz CT molecular complexity index is 645. The van der Waals surface area contributed by atoms with E-state index in [-0.39, 0.29) is 11.3 Å². The quantitative estimate of drug-likeness (QED) is 0.876. The number of carboxylic acid groups (broad SMARTS) is 1. The van der Waals surface area contributed by atoms with Gasteiger partial charge in [0.15, 0.2) is 0 Å². The second-order valence-corrected chi connectivity index (χ2v) is 8.01. The molecular formula is C21H29NO4. The van der Waals surface area contributed by atoms with Gasteiger partial charge in [0.2, 0.25) is 0 Å². The molecule has 0 unspecified atom stereocenters. The largest absolute Gasteiger partial charge is 0.492 e. The molecule has 0 atom stereocenters. The van der Waals surface area contributed by atoms with E-state index in [2.05, 4.69) is 23.1 Å². The summed E-state index contributed by atoms with van der Waals surface area (Å²) >= 11 is 0. The van der Waals surface area contributed by atoms with Gasteiger partial charge in [-0.25, -0.2) is 0 Å². The molecule has 1 aliphatic heterocycles. The van der Waals surface area contributed by atoms with Crippen LogP contribution < -0.4 is 4.74 Å². The lowest BCUT2D eigenvalue weighted by molar-refractivity contribution is -0.143. The standard InChI is InChI=1S/C21H29NO4/c23-20(24)17-4-7-21(8-5-17)6-3-16-1-2-18(15-19(16)21)26-14-11-22-9-12-25-13-10-22/h1-2,15,17H,3-14H2,(H,23,24). The fraction of sp³-hybridized carbons (Fsp3) is 0.667. The summed E-state index contributed by atoms with van der Waals surface area (Å²) in [6, 6.07) is 6.56. The van der Waals surface area contributed by atoms with Crippen molar-refractivity contribution in [2.24, 2.45) is 5.92 Å². The van der Waals surface area contributed by atoms with Crippen LogP contribution in [0.15, 0.2) is 18.2 Å². The molecule has 1 heterocycles. The Kier molecular flexibility index (Phi) is 5.18. The number of fused-ring (bicyclic) bond motifs is 2. The summed E-state index contributed by atoms with van der Waals surface area (Å²) in [4.78, 5) is 13.7. The zero-order valence-corrected chi connectivity index (χ0v) is 15.4. The van der Waals surface area contributed by atoms with Crippen LogP contribution >= 0.6 is 0 Å². The van der Waals surface area contributed by atoms with E-state index < -0.39 is 5.97 Å². The summed E-state index contributed by atoms with van der Waals surface area (Å²) in [5.74, 6) is 0.175. The van der Waals surface area contributed by atoms with Crippen molar-refractivity contribution in [2.45, 2.75) is 43.9 Å². The molecule has 5 nitrogen and oxygen atoms in total. The number of morpholine rings is 1. The fourth-order valence-corrected chi connectivity index (χ4v) is 4.92. The lowest BCUT2D eigenvalue weighted by atomic mass is 9.67. The highest BCUT2D eigenvalue weighted by atomic mass is 16.5. The average molecular weight is 359 g/mol. The van der Waals surface area contributed by atoms with E-state index in [9.17, 15) is 9.90 Å². The third kappa shape index (κ3) is 3.60. The van der Waals surface area contributed by atoms with Crippen molar-refractivity contribution in [1.82, 2.24) is 4.90 Å². The van der Waals surface area contributed by atoms with Crippen molar-refractivity contribution in [1.29, 1.82) is 0 Å². The van der Waals surface area contributed by atoms with Gasteiger partial charge in [-0.15, -0.1) is 0 Å². The molecule has 1 saturated carbocycles. The lowest BCUT2D eigenvalue weighted by Gasteiger charge is -2.37. The first kappa shape index (κ1) is 17.8. The van der Waals surface area contributed by atoms with Gasteiger partial charge in [0.05, 0.1) is 19.1 Å². The number of aliphatic carboxylic acids is 1. The Morgan fingerprint density at radius 1 is 1.23 bits per heavy atom. The molecule has 1 saturated heterocycles. The molecule has 1 aromatic rings. The minimum Gasteiger partial charge on any atom is -0.492 e. The van der Waals surface area contributed by atoms with E-state index in [1.165, 1.54) is 11.1 Å². The van der Waals surface area contributed by atoms with Crippen LogP contribution in [0.1, 0.15) is 43.2 Å². The van der Waals surface area contributed by atoms with Crippen molar-refractivity contribution >= 4 is 5.97 Å². The van der Waals surface area contributed by atoms with E-state index in [1.54, 1.807) is 0 Å². The molecule has 26 heavy (non-hydrogen) atoms. The minimum atomic E-state index is -0.627. The molecule has 0 radical (unpaired) electrons. The minimum absolute atomic E-state index is 0.155. The second-order valence-electron chi connectivity index (χ2n) is 8.01. The highest BCUT2D eigenvalue weighted by Crippen LogP contribution is 2.50. The molecule has 0 aromatic heterocycles. The molecule has 142 valence electrons. The highest BCUT2D eigenvalue weighted by Gasteiger charge is 2.42. The van der Waals surface area contributed by atoms with Crippen LogP contribution in [-0.2, 0) is 21.4 Å². The first-order chi connectivity index (χ1) is 12.7. The Morgan fingerprint density at radius 2 is 2.00 bits per heavy atom. The number of aryl methyl sites for hydroxylation is 1. The zero-order valence-electron chi connectivity index (χ0n) is 15.4. The first-order valence-corrected chi connectivity index (χ1v) is 9.95. The van der Waals surface area contributed by atoms with Gasteiger partial charge in [-0.05, 0) is 67.2 Å². The normalized spacial score (nSPS) is 28.8. The van der Waals surface area contributed by atoms with E-state index in [0.717, 1.165) is 77.1 Å². The lowest BCUT2D eigenvalue weighted by Crippen LogP contribution is -2.38. The zero-order chi connectivity index (χ0) is 18.0. The number of hydrogen-bond acceptors (Lipinski definition) is 4. The maximum absolute atomic E-state index is 11.3. The van der Waals surface area contributed by atoms with Crippen LogP contribution in [0.3, 0.4) is 0 Å². The molecule has 0 bridgehead atoms. The van der Waals surface area contributed by atoms with Crippen LogP contribution in [0.5, 0.6) is 5.75 Å². The Balaban J connectivity index is 1.39. The SMILES string of the molecule is O=C(O)C1CCC2(CCc3ccc(OCCN4CCOCC4)cc32)CC1. The van der Waals surface area contributed by atoms with Crippen molar-refractivity contribution in [2.75, 3.05) is 39.5 Å². The van der Waals surface area contributed by atoms with E-state index >= 15 is 0 Å². The van der Waals surface area contributed by atoms with Crippen LogP contribution in [-0.4, -0.2) is 55.4 Å². The summed E-state index contributed by atoms with van der Waals surface area (Å²) in [5, 5.41) is 9.28. The molecule has 2 aliphatic carbocycles. The number of ether oxygens (including phenoxy) is 2. The highest BCUT2D eigenvalue weighted by molar-refractivity contribution is 5.70. The smallest absolute Gasteiger partial charge is 0.306 e. The molecule has 5 heteroatoms. The van der Waals surface area contributed by atoms with Gasteiger partial charge in [0.25, 0.3) is 0 Å². The number of nitrogens with zero attached hydrogens (tertiary/aromatic N) is 1. The van der Waals surface area contributed by atoms with Crippen molar-refractivity contribution in [3.05, 3.63) is 29.3 Å². The Hall–Kier alpha value is -1.59. The second kappa shape index (κ2) is 7.57. The first-order valence-electron chi connectivity index (χ1n) is 9.95. The fourth-order valence-electron chi connectivity index (χ4n) is 4.92.